The number of aliphatic hydroxyl groups is 1. The second-order valence-electron chi connectivity index (χ2n) is 6.65. The number of nitrogens with zero attached hydrogens (tertiary/aromatic N) is 1. The van der Waals surface area contributed by atoms with Crippen molar-refractivity contribution in [2.75, 3.05) is 39.9 Å². The maximum absolute atomic E-state index is 9.90. The molecule has 1 aliphatic rings. The molecule has 124 valence electrons. The van der Waals surface area contributed by atoms with Crippen molar-refractivity contribution < 1.29 is 9.84 Å². The Morgan fingerprint density at radius 2 is 2.05 bits per heavy atom. The molecule has 2 N–H and O–H groups in total. The van der Waals surface area contributed by atoms with Gasteiger partial charge in [-0.2, -0.15) is 0 Å². The van der Waals surface area contributed by atoms with Crippen molar-refractivity contribution >= 4 is 0 Å². The molecule has 1 rings (SSSR count). The van der Waals surface area contributed by atoms with Crippen LogP contribution in [0.15, 0.2) is 12.2 Å². The van der Waals surface area contributed by atoms with Crippen LogP contribution in [-0.2, 0) is 4.74 Å². The smallest absolute Gasteiger partial charge is 0.0897 e. The third kappa shape index (κ3) is 7.96. The van der Waals surface area contributed by atoms with Gasteiger partial charge in [-0.1, -0.05) is 19.1 Å². The highest BCUT2D eigenvalue weighted by molar-refractivity contribution is 4.93. The van der Waals surface area contributed by atoms with Crippen LogP contribution in [0.3, 0.4) is 0 Å². The SMILES string of the molecule is CC1CC=CCC1COCC(O)CNCCN(C)C(C)C. The monoisotopic (exact) mass is 298 g/mol. The summed E-state index contributed by atoms with van der Waals surface area (Å²) in [6, 6.07) is 0.562. The van der Waals surface area contributed by atoms with Crippen molar-refractivity contribution in [2.45, 2.75) is 45.8 Å². The van der Waals surface area contributed by atoms with Crippen molar-refractivity contribution in [3.8, 4) is 0 Å². The second kappa shape index (κ2) is 10.3. The van der Waals surface area contributed by atoms with Crippen molar-refractivity contribution in [1.29, 1.82) is 0 Å². The summed E-state index contributed by atoms with van der Waals surface area (Å²) in [6.07, 6.45) is 6.35. The Kier molecular flexibility index (Phi) is 9.16. The highest BCUT2D eigenvalue weighted by Crippen LogP contribution is 2.24. The molecule has 0 heterocycles. The molecule has 4 nitrogen and oxygen atoms in total. The van der Waals surface area contributed by atoms with E-state index in [0.29, 0.717) is 31.0 Å². The first kappa shape index (κ1) is 18.6. The third-order valence-electron chi connectivity index (χ3n) is 4.46. The third-order valence-corrected chi connectivity index (χ3v) is 4.46. The molecule has 3 atom stereocenters. The van der Waals surface area contributed by atoms with E-state index in [1.165, 1.54) is 0 Å². The highest BCUT2D eigenvalue weighted by atomic mass is 16.5. The first-order chi connectivity index (χ1) is 10.0. The summed E-state index contributed by atoms with van der Waals surface area (Å²) in [6.45, 7) is 10.3. The molecule has 0 spiro atoms. The topological polar surface area (TPSA) is 44.7 Å². The zero-order valence-corrected chi connectivity index (χ0v) is 14.2. The van der Waals surface area contributed by atoms with Gasteiger partial charge in [-0.25, -0.2) is 0 Å². The number of ether oxygens (including phenoxy) is 1. The van der Waals surface area contributed by atoms with Gasteiger partial charge in [0.2, 0.25) is 0 Å². The molecule has 0 radical (unpaired) electrons. The van der Waals surface area contributed by atoms with Crippen molar-refractivity contribution in [1.82, 2.24) is 10.2 Å². The first-order valence-corrected chi connectivity index (χ1v) is 8.32. The van der Waals surface area contributed by atoms with Crippen molar-refractivity contribution in [2.24, 2.45) is 11.8 Å². The van der Waals surface area contributed by atoms with E-state index in [0.717, 1.165) is 32.5 Å². The molecule has 0 aromatic rings. The van der Waals surface area contributed by atoms with E-state index >= 15 is 0 Å². The Morgan fingerprint density at radius 1 is 1.33 bits per heavy atom. The molecule has 0 amide bonds. The van der Waals surface area contributed by atoms with Gasteiger partial charge >= 0.3 is 0 Å². The molecule has 21 heavy (non-hydrogen) atoms. The van der Waals surface area contributed by atoms with Crippen LogP contribution in [0, 0.1) is 11.8 Å². The van der Waals surface area contributed by atoms with E-state index in [2.05, 4.69) is 50.2 Å². The molecule has 0 saturated carbocycles. The summed E-state index contributed by atoms with van der Waals surface area (Å²) in [5, 5.41) is 13.2. The maximum Gasteiger partial charge on any atom is 0.0897 e. The van der Waals surface area contributed by atoms with Gasteiger partial charge < -0.3 is 20.1 Å². The van der Waals surface area contributed by atoms with Crippen LogP contribution in [0.2, 0.25) is 0 Å². The van der Waals surface area contributed by atoms with Crippen LogP contribution in [0.4, 0.5) is 0 Å². The van der Waals surface area contributed by atoms with Gasteiger partial charge in [0.1, 0.15) is 0 Å². The Balaban J connectivity index is 2.01. The summed E-state index contributed by atoms with van der Waals surface area (Å²) in [4.78, 5) is 2.29. The lowest BCUT2D eigenvalue weighted by Crippen LogP contribution is -2.37. The summed E-state index contributed by atoms with van der Waals surface area (Å²) in [5.41, 5.74) is 0. The molecule has 0 saturated heterocycles. The number of aliphatic hydroxyl groups excluding tert-OH is 1. The van der Waals surface area contributed by atoms with Crippen molar-refractivity contribution in [3.63, 3.8) is 0 Å². The Morgan fingerprint density at radius 3 is 2.71 bits per heavy atom. The van der Waals surface area contributed by atoms with E-state index in [-0.39, 0.29) is 0 Å². The lowest BCUT2D eigenvalue weighted by molar-refractivity contribution is 0.0127. The normalized spacial score (nSPS) is 24.0. The predicted molar refractivity (Wildman–Crippen MR) is 88.5 cm³/mol. The molecular formula is C17H34N2O2. The Labute approximate surface area is 130 Å². The number of hydrogen-bond acceptors (Lipinski definition) is 4. The molecule has 0 aromatic heterocycles. The van der Waals surface area contributed by atoms with Gasteiger partial charge in [0.25, 0.3) is 0 Å². The van der Waals surface area contributed by atoms with Gasteiger partial charge in [0.05, 0.1) is 19.3 Å². The number of allylic oxidation sites excluding steroid dienone is 2. The number of nitrogens with one attached hydrogen (secondary N) is 1. The average molecular weight is 298 g/mol. The van der Waals surface area contributed by atoms with Gasteiger partial charge in [0.15, 0.2) is 0 Å². The molecule has 3 unspecified atom stereocenters. The largest absolute Gasteiger partial charge is 0.389 e. The number of hydrogen-bond donors (Lipinski definition) is 2. The Bertz CT molecular complexity index is 295. The quantitative estimate of drug-likeness (QED) is 0.477. The summed E-state index contributed by atoms with van der Waals surface area (Å²) in [5.74, 6) is 1.30. The average Bonchev–Trinajstić information content (AvgIpc) is 2.45. The zero-order chi connectivity index (χ0) is 15.7. The van der Waals surface area contributed by atoms with Gasteiger partial charge in [-0.15, -0.1) is 0 Å². The lowest BCUT2D eigenvalue weighted by Gasteiger charge is -2.25. The van der Waals surface area contributed by atoms with Gasteiger partial charge in [-0.3, -0.25) is 0 Å². The predicted octanol–water partition coefficient (Wildman–Crippen LogP) is 1.90. The first-order valence-electron chi connectivity index (χ1n) is 8.32. The number of rotatable bonds is 10. The van der Waals surface area contributed by atoms with E-state index in [1.54, 1.807) is 0 Å². The second-order valence-corrected chi connectivity index (χ2v) is 6.65. The fourth-order valence-corrected chi connectivity index (χ4v) is 2.44. The van der Waals surface area contributed by atoms with Crippen LogP contribution in [0.25, 0.3) is 0 Å². The number of likely N-dealkylation sites (N-methyl/N-ethyl adjacent to an activating group) is 1. The fraction of sp³-hybridized carbons (Fsp3) is 0.882. The van der Waals surface area contributed by atoms with Crippen LogP contribution in [0.5, 0.6) is 0 Å². The molecule has 0 bridgehead atoms. The molecule has 4 heteroatoms. The maximum atomic E-state index is 9.90. The van der Waals surface area contributed by atoms with Crippen LogP contribution in [-0.4, -0.2) is 62.0 Å². The van der Waals surface area contributed by atoms with Gasteiger partial charge in [0, 0.05) is 25.7 Å². The van der Waals surface area contributed by atoms with Crippen LogP contribution >= 0.6 is 0 Å². The lowest BCUT2D eigenvalue weighted by atomic mass is 9.85. The summed E-state index contributed by atoms with van der Waals surface area (Å²) < 4.78 is 5.69. The highest BCUT2D eigenvalue weighted by Gasteiger charge is 2.18. The minimum atomic E-state index is -0.413. The van der Waals surface area contributed by atoms with Crippen molar-refractivity contribution in [3.05, 3.63) is 12.2 Å². The molecule has 1 aliphatic carbocycles. The van der Waals surface area contributed by atoms with E-state index in [9.17, 15) is 5.11 Å². The molecule has 0 fully saturated rings. The minimum Gasteiger partial charge on any atom is -0.389 e. The molecule has 0 aliphatic heterocycles. The Hall–Kier alpha value is -0.420. The summed E-state index contributed by atoms with van der Waals surface area (Å²) >= 11 is 0. The summed E-state index contributed by atoms with van der Waals surface area (Å²) in [7, 11) is 2.12. The fourth-order valence-electron chi connectivity index (χ4n) is 2.44. The van der Waals surface area contributed by atoms with E-state index in [4.69, 9.17) is 4.74 Å². The standard InChI is InChI=1S/C17H34N2O2/c1-14(2)19(4)10-9-18-11-17(20)13-21-12-16-8-6-5-7-15(16)3/h5-6,14-18,20H,7-13H2,1-4H3. The van der Waals surface area contributed by atoms with Gasteiger partial charge in [-0.05, 0) is 45.6 Å². The van der Waals surface area contributed by atoms with E-state index < -0.39 is 6.10 Å². The van der Waals surface area contributed by atoms with E-state index in [1.807, 2.05) is 0 Å². The minimum absolute atomic E-state index is 0.413. The zero-order valence-electron chi connectivity index (χ0n) is 14.2. The molecular weight excluding hydrogens is 264 g/mol. The van der Waals surface area contributed by atoms with Crippen LogP contribution < -0.4 is 5.32 Å². The van der Waals surface area contributed by atoms with Crippen LogP contribution in [0.1, 0.15) is 33.6 Å². The molecule has 0 aromatic carbocycles.